The number of amides is 2. The molecule has 0 saturated heterocycles. The Bertz CT molecular complexity index is 586. The molecule has 212 valence electrons. The van der Waals surface area contributed by atoms with E-state index in [0.717, 1.165) is 83.8 Å². The van der Waals surface area contributed by atoms with Crippen LogP contribution in [0.2, 0.25) is 0 Å². The lowest BCUT2D eigenvalue weighted by molar-refractivity contribution is -0.121. The van der Waals surface area contributed by atoms with Crippen LogP contribution in [0.3, 0.4) is 0 Å². The van der Waals surface area contributed by atoms with Crippen molar-refractivity contribution in [3.63, 3.8) is 0 Å². The molecule has 0 aliphatic heterocycles. The minimum atomic E-state index is -0.0225. The zero-order valence-electron chi connectivity index (χ0n) is 24.8. The molecule has 0 aliphatic rings. The third kappa shape index (κ3) is 18.8. The predicted octanol–water partition coefficient (Wildman–Crippen LogP) is 7.88. The van der Waals surface area contributed by atoms with Crippen LogP contribution in [0.15, 0.2) is 12.2 Å². The molecule has 0 spiro atoms. The lowest BCUT2D eigenvalue weighted by atomic mass is 9.80. The van der Waals surface area contributed by atoms with Crippen molar-refractivity contribution < 1.29 is 14.3 Å². The fourth-order valence-electron chi connectivity index (χ4n) is 4.45. The van der Waals surface area contributed by atoms with Gasteiger partial charge in [0.1, 0.15) is 0 Å². The molecule has 1 unspecified atom stereocenters. The van der Waals surface area contributed by atoms with E-state index >= 15 is 0 Å². The van der Waals surface area contributed by atoms with Crippen molar-refractivity contribution in [2.45, 2.75) is 150 Å². The van der Waals surface area contributed by atoms with E-state index in [4.69, 9.17) is 4.74 Å². The minimum Gasteiger partial charge on any atom is -0.375 e. The van der Waals surface area contributed by atoms with Gasteiger partial charge in [0.2, 0.25) is 11.8 Å². The Balaban J connectivity index is 3.81. The smallest absolute Gasteiger partial charge is 0.243 e. The van der Waals surface area contributed by atoms with Gasteiger partial charge in [0.25, 0.3) is 0 Å². The van der Waals surface area contributed by atoms with Gasteiger partial charge in [-0.05, 0) is 69.8 Å². The number of hydrogen-bond donors (Lipinski definition) is 2. The van der Waals surface area contributed by atoms with Crippen LogP contribution < -0.4 is 10.6 Å². The zero-order valence-corrected chi connectivity index (χ0v) is 24.8. The molecule has 0 bridgehead atoms. The Hall–Kier alpha value is -1.36. The molecule has 2 amide bonds. The minimum absolute atomic E-state index is 0.0225. The predicted molar refractivity (Wildman–Crippen MR) is 154 cm³/mol. The first-order valence-electron chi connectivity index (χ1n) is 15.1. The zero-order chi connectivity index (χ0) is 27.1. The summed E-state index contributed by atoms with van der Waals surface area (Å²) >= 11 is 0. The van der Waals surface area contributed by atoms with Crippen molar-refractivity contribution in [2.24, 2.45) is 5.41 Å². The third-order valence-corrected chi connectivity index (χ3v) is 7.53. The summed E-state index contributed by atoms with van der Waals surface area (Å²) in [4.78, 5) is 24.2. The fourth-order valence-corrected chi connectivity index (χ4v) is 4.45. The second kappa shape index (κ2) is 21.7. The monoisotopic (exact) mass is 508 g/mol. The SMILES string of the molecule is CCCCCCC(C)(/C=C/C(=O)NCCCCCCNC(=O)CCCCOC(C)(CC)CC)CCC. The first-order chi connectivity index (χ1) is 17.2. The van der Waals surface area contributed by atoms with E-state index in [0.29, 0.717) is 13.0 Å². The lowest BCUT2D eigenvalue weighted by Crippen LogP contribution is -2.27. The van der Waals surface area contributed by atoms with Gasteiger partial charge in [-0.15, -0.1) is 0 Å². The molecular formula is C31H60N2O3. The van der Waals surface area contributed by atoms with Crippen molar-refractivity contribution >= 4 is 11.8 Å². The van der Waals surface area contributed by atoms with Crippen LogP contribution in [-0.4, -0.2) is 37.1 Å². The number of ether oxygens (including phenoxy) is 1. The van der Waals surface area contributed by atoms with E-state index in [2.05, 4.69) is 58.3 Å². The maximum absolute atomic E-state index is 12.2. The quantitative estimate of drug-likeness (QED) is 0.103. The van der Waals surface area contributed by atoms with E-state index in [-0.39, 0.29) is 22.8 Å². The third-order valence-electron chi connectivity index (χ3n) is 7.53. The largest absolute Gasteiger partial charge is 0.375 e. The molecule has 0 aliphatic carbocycles. The summed E-state index contributed by atoms with van der Waals surface area (Å²) in [7, 11) is 0. The average molecular weight is 509 g/mol. The van der Waals surface area contributed by atoms with E-state index in [1.54, 1.807) is 6.08 Å². The van der Waals surface area contributed by atoms with Crippen LogP contribution in [-0.2, 0) is 14.3 Å². The molecule has 36 heavy (non-hydrogen) atoms. The molecule has 0 saturated carbocycles. The highest BCUT2D eigenvalue weighted by Crippen LogP contribution is 2.31. The maximum Gasteiger partial charge on any atom is 0.243 e. The van der Waals surface area contributed by atoms with Crippen LogP contribution >= 0.6 is 0 Å². The molecule has 2 N–H and O–H groups in total. The van der Waals surface area contributed by atoms with Gasteiger partial charge < -0.3 is 15.4 Å². The molecule has 0 radical (unpaired) electrons. The molecular weight excluding hydrogens is 448 g/mol. The first kappa shape index (κ1) is 34.6. The fraction of sp³-hybridized carbons (Fsp3) is 0.871. The molecule has 0 heterocycles. The Kier molecular flexibility index (Phi) is 20.9. The Morgan fingerprint density at radius 1 is 0.722 bits per heavy atom. The second-order valence-corrected chi connectivity index (χ2v) is 11.1. The number of unbranched alkanes of at least 4 members (excludes halogenated alkanes) is 7. The van der Waals surface area contributed by atoms with Gasteiger partial charge in [0.15, 0.2) is 0 Å². The summed E-state index contributed by atoms with van der Waals surface area (Å²) < 4.78 is 5.97. The van der Waals surface area contributed by atoms with Gasteiger partial charge in [0, 0.05) is 26.1 Å². The van der Waals surface area contributed by atoms with E-state index in [9.17, 15) is 9.59 Å². The van der Waals surface area contributed by atoms with Crippen LogP contribution in [0.1, 0.15) is 144 Å². The van der Waals surface area contributed by atoms with E-state index in [1.807, 2.05) is 0 Å². The van der Waals surface area contributed by atoms with Crippen molar-refractivity contribution in [1.82, 2.24) is 10.6 Å². The van der Waals surface area contributed by atoms with Gasteiger partial charge in [-0.3, -0.25) is 9.59 Å². The molecule has 0 aromatic rings. The normalized spacial score (nSPS) is 13.6. The Morgan fingerprint density at radius 3 is 1.97 bits per heavy atom. The number of allylic oxidation sites excluding steroid dienone is 1. The van der Waals surface area contributed by atoms with Crippen molar-refractivity contribution in [3.05, 3.63) is 12.2 Å². The highest BCUT2D eigenvalue weighted by Gasteiger charge is 2.20. The average Bonchev–Trinajstić information content (AvgIpc) is 2.87. The van der Waals surface area contributed by atoms with Gasteiger partial charge in [-0.25, -0.2) is 0 Å². The molecule has 5 heteroatoms. The van der Waals surface area contributed by atoms with E-state index in [1.165, 1.54) is 25.7 Å². The summed E-state index contributed by atoms with van der Waals surface area (Å²) in [6, 6.07) is 0. The number of carbonyl (C=O) groups is 2. The van der Waals surface area contributed by atoms with Crippen molar-refractivity contribution in [1.29, 1.82) is 0 Å². The topological polar surface area (TPSA) is 67.4 Å². The summed E-state index contributed by atoms with van der Waals surface area (Å²) in [6.45, 7) is 15.4. The lowest BCUT2D eigenvalue weighted by Gasteiger charge is -2.27. The number of rotatable bonds is 24. The molecule has 0 aromatic carbocycles. The van der Waals surface area contributed by atoms with Gasteiger partial charge in [0.05, 0.1) is 5.60 Å². The van der Waals surface area contributed by atoms with Crippen molar-refractivity contribution in [3.8, 4) is 0 Å². The van der Waals surface area contributed by atoms with Crippen LogP contribution in [0.4, 0.5) is 0 Å². The number of nitrogens with one attached hydrogen (secondary N) is 2. The standard InChI is InChI=1S/C31H60N2O3/c1-7-11-12-16-23-30(5,22-8-2)24-21-29(35)33-26-18-14-13-17-25-32-28(34)20-15-19-27-36-31(6,9-3)10-4/h21,24H,7-20,22-23,25-27H2,1-6H3,(H,32,34)(H,33,35)/b24-21+. The number of carbonyl (C=O) groups excluding carboxylic acids is 2. The molecule has 0 aromatic heterocycles. The first-order valence-corrected chi connectivity index (χ1v) is 15.1. The maximum atomic E-state index is 12.2. The molecule has 5 nitrogen and oxygen atoms in total. The molecule has 0 fully saturated rings. The van der Waals surface area contributed by atoms with Gasteiger partial charge in [-0.1, -0.05) is 85.6 Å². The van der Waals surface area contributed by atoms with E-state index < -0.39 is 0 Å². The van der Waals surface area contributed by atoms with Gasteiger partial charge in [-0.2, -0.15) is 0 Å². The second-order valence-electron chi connectivity index (χ2n) is 11.1. The Morgan fingerprint density at radius 2 is 1.36 bits per heavy atom. The van der Waals surface area contributed by atoms with Crippen molar-refractivity contribution in [2.75, 3.05) is 19.7 Å². The van der Waals surface area contributed by atoms with Gasteiger partial charge >= 0.3 is 0 Å². The molecule has 0 rings (SSSR count). The number of hydrogen-bond acceptors (Lipinski definition) is 3. The summed E-state index contributed by atoms with van der Waals surface area (Å²) in [5, 5.41) is 6.05. The Labute approximate surface area is 224 Å². The summed E-state index contributed by atoms with van der Waals surface area (Å²) in [5.41, 5.74) is 0.106. The summed E-state index contributed by atoms with van der Waals surface area (Å²) in [6.07, 6.45) is 20.9. The van der Waals surface area contributed by atoms with Crippen LogP contribution in [0.5, 0.6) is 0 Å². The van der Waals surface area contributed by atoms with Crippen LogP contribution in [0, 0.1) is 5.41 Å². The van der Waals surface area contributed by atoms with Crippen LogP contribution in [0.25, 0.3) is 0 Å². The molecule has 1 atom stereocenters. The highest BCUT2D eigenvalue weighted by molar-refractivity contribution is 5.87. The summed E-state index contributed by atoms with van der Waals surface area (Å²) in [5.74, 6) is 0.167. The highest BCUT2D eigenvalue weighted by atomic mass is 16.5.